The number of unbranched alkanes of at least 4 members (excludes halogenated alkanes) is 1. The van der Waals surface area contributed by atoms with E-state index >= 15 is 0 Å². The lowest BCUT2D eigenvalue weighted by Gasteiger charge is -2.28. The highest BCUT2D eigenvalue weighted by atomic mass is 16.5. The molecule has 144 valence electrons. The molecule has 1 aromatic heterocycles. The molecule has 3 rings (SSSR count). The van der Waals surface area contributed by atoms with E-state index in [9.17, 15) is 9.59 Å². The van der Waals surface area contributed by atoms with Gasteiger partial charge in [0.2, 0.25) is 11.8 Å². The molecule has 6 heteroatoms. The maximum Gasteiger partial charge on any atom is 0.226 e. The molecule has 2 aromatic rings. The van der Waals surface area contributed by atoms with Gasteiger partial charge in [-0.1, -0.05) is 25.5 Å². The number of carbonyl (C=O) groups is 2. The Labute approximate surface area is 159 Å². The largest absolute Gasteiger partial charge is 0.497 e. The van der Waals surface area contributed by atoms with Crippen molar-refractivity contribution in [3.8, 4) is 5.75 Å². The van der Waals surface area contributed by atoms with Crippen molar-refractivity contribution in [3.63, 3.8) is 0 Å². The fraction of sp³-hybridized carbons (Fsp3) is 0.429. The number of rotatable bonds is 8. The number of hydrogen-bond acceptors (Lipinski definition) is 4. The fourth-order valence-electron chi connectivity index (χ4n) is 3.54. The summed E-state index contributed by atoms with van der Waals surface area (Å²) in [5.41, 5.74) is 1.86. The standard InChI is InChI=1S/C21H26N2O4/c1-3-4-10-23-19(24)12-18(21(25)22-13-15-9-11-27-14-15)20(23)16-5-7-17(26-2)8-6-16/h5-9,11,14,18,20H,3-4,10,12-13H2,1-2H3,(H,22,25). The van der Waals surface area contributed by atoms with E-state index in [-0.39, 0.29) is 24.3 Å². The smallest absolute Gasteiger partial charge is 0.226 e. The predicted octanol–water partition coefficient (Wildman–Crippen LogP) is 3.29. The van der Waals surface area contributed by atoms with E-state index in [1.54, 1.807) is 19.6 Å². The maximum atomic E-state index is 12.9. The molecule has 1 N–H and O–H groups in total. The van der Waals surface area contributed by atoms with Crippen molar-refractivity contribution in [2.24, 2.45) is 5.92 Å². The van der Waals surface area contributed by atoms with Gasteiger partial charge in [0.25, 0.3) is 0 Å². The highest BCUT2D eigenvalue weighted by Gasteiger charge is 2.44. The van der Waals surface area contributed by atoms with Crippen LogP contribution in [0.3, 0.4) is 0 Å². The minimum atomic E-state index is -0.408. The molecule has 2 heterocycles. The molecule has 1 saturated heterocycles. The Bertz CT molecular complexity index is 755. The first-order chi connectivity index (χ1) is 13.1. The molecule has 0 radical (unpaired) electrons. The molecule has 1 aromatic carbocycles. The number of amides is 2. The molecule has 1 fully saturated rings. The van der Waals surface area contributed by atoms with Crippen molar-refractivity contribution in [2.75, 3.05) is 13.7 Å². The van der Waals surface area contributed by atoms with Gasteiger partial charge in [-0.05, 0) is 30.2 Å². The van der Waals surface area contributed by atoms with Crippen LogP contribution < -0.4 is 10.1 Å². The van der Waals surface area contributed by atoms with Crippen LogP contribution in [-0.4, -0.2) is 30.4 Å². The Morgan fingerprint density at radius 3 is 2.70 bits per heavy atom. The van der Waals surface area contributed by atoms with Gasteiger partial charge in [0, 0.05) is 25.1 Å². The van der Waals surface area contributed by atoms with Gasteiger partial charge in [0.15, 0.2) is 0 Å². The number of carbonyl (C=O) groups excluding carboxylic acids is 2. The number of likely N-dealkylation sites (tertiary alicyclic amines) is 1. The molecule has 1 aliphatic rings. The van der Waals surface area contributed by atoms with E-state index in [0.29, 0.717) is 13.1 Å². The molecule has 0 saturated carbocycles. The van der Waals surface area contributed by atoms with E-state index in [1.165, 1.54) is 0 Å². The first-order valence-electron chi connectivity index (χ1n) is 9.36. The topological polar surface area (TPSA) is 71.8 Å². The average molecular weight is 370 g/mol. The summed E-state index contributed by atoms with van der Waals surface area (Å²) >= 11 is 0. The van der Waals surface area contributed by atoms with Gasteiger partial charge < -0.3 is 19.4 Å². The molecule has 0 bridgehead atoms. The van der Waals surface area contributed by atoms with Crippen molar-refractivity contribution in [2.45, 2.75) is 38.8 Å². The number of hydrogen-bond donors (Lipinski definition) is 1. The van der Waals surface area contributed by atoms with Crippen molar-refractivity contribution in [1.82, 2.24) is 10.2 Å². The lowest BCUT2D eigenvalue weighted by Crippen LogP contribution is -2.35. The van der Waals surface area contributed by atoms with E-state index in [1.807, 2.05) is 35.2 Å². The van der Waals surface area contributed by atoms with Crippen LogP contribution in [-0.2, 0) is 16.1 Å². The first kappa shape index (κ1) is 19.0. The summed E-state index contributed by atoms with van der Waals surface area (Å²) in [6.45, 7) is 3.15. The average Bonchev–Trinajstić information content (AvgIpc) is 3.32. The third-order valence-corrected chi connectivity index (χ3v) is 5.03. The molecule has 6 nitrogen and oxygen atoms in total. The van der Waals surface area contributed by atoms with Gasteiger partial charge in [-0.25, -0.2) is 0 Å². The van der Waals surface area contributed by atoms with Crippen LogP contribution in [0.4, 0.5) is 0 Å². The highest BCUT2D eigenvalue weighted by molar-refractivity contribution is 5.90. The number of methoxy groups -OCH3 is 1. The van der Waals surface area contributed by atoms with Gasteiger partial charge in [-0.15, -0.1) is 0 Å². The molecular weight excluding hydrogens is 344 g/mol. The van der Waals surface area contributed by atoms with Gasteiger partial charge in [0.1, 0.15) is 5.75 Å². The molecule has 0 spiro atoms. The second kappa shape index (κ2) is 8.75. The summed E-state index contributed by atoms with van der Waals surface area (Å²) in [4.78, 5) is 27.4. The predicted molar refractivity (Wildman–Crippen MR) is 101 cm³/mol. The third kappa shape index (κ3) is 4.32. The van der Waals surface area contributed by atoms with Crippen LogP contribution in [0.5, 0.6) is 5.75 Å². The first-order valence-corrected chi connectivity index (χ1v) is 9.36. The lowest BCUT2D eigenvalue weighted by molar-refractivity contribution is -0.129. The summed E-state index contributed by atoms with van der Waals surface area (Å²) in [6.07, 6.45) is 5.33. The van der Waals surface area contributed by atoms with Gasteiger partial charge in [0.05, 0.1) is 31.6 Å². The zero-order valence-electron chi connectivity index (χ0n) is 15.8. The van der Waals surface area contributed by atoms with E-state index in [4.69, 9.17) is 9.15 Å². The van der Waals surface area contributed by atoms with Crippen molar-refractivity contribution >= 4 is 11.8 Å². The van der Waals surface area contributed by atoms with Crippen LogP contribution in [0.2, 0.25) is 0 Å². The Morgan fingerprint density at radius 2 is 2.07 bits per heavy atom. The summed E-state index contributed by atoms with van der Waals surface area (Å²) in [5, 5.41) is 2.94. The minimum Gasteiger partial charge on any atom is -0.497 e. The molecule has 1 aliphatic heterocycles. The molecule has 2 amide bonds. The fourth-order valence-corrected chi connectivity index (χ4v) is 3.54. The summed E-state index contributed by atoms with van der Waals surface area (Å²) in [6, 6.07) is 9.19. The number of benzene rings is 1. The van der Waals surface area contributed by atoms with Crippen LogP contribution in [0.25, 0.3) is 0 Å². The zero-order valence-corrected chi connectivity index (χ0v) is 15.8. The third-order valence-electron chi connectivity index (χ3n) is 5.03. The Balaban J connectivity index is 1.80. The zero-order chi connectivity index (χ0) is 19.2. The normalized spacial score (nSPS) is 19.3. The Hall–Kier alpha value is -2.76. The van der Waals surface area contributed by atoms with Crippen molar-refractivity contribution in [3.05, 3.63) is 54.0 Å². The molecular formula is C21H26N2O4. The van der Waals surface area contributed by atoms with Crippen LogP contribution in [0, 0.1) is 5.92 Å². The summed E-state index contributed by atoms with van der Waals surface area (Å²) in [7, 11) is 1.62. The van der Waals surface area contributed by atoms with Crippen LogP contribution >= 0.6 is 0 Å². The van der Waals surface area contributed by atoms with Crippen LogP contribution in [0.15, 0.2) is 47.3 Å². The van der Waals surface area contributed by atoms with E-state index in [0.717, 1.165) is 29.7 Å². The maximum absolute atomic E-state index is 12.9. The van der Waals surface area contributed by atoms with E-state index in [2.05, 4.69) is 12.2 Å². The van der Waals surface area contributed by atoms with Gasteiger partial charge >= 0.3 is 0 Å². The van der Waals surface area contributed by atoms with Gasteiger partial charge in [-0.3, -0.25) is 9.59 Å². The lowest BCUT2D eigenvalue weighted by atomic mass is 9.92. The quantitative estimate of drug-likeness (QED) is 0.774. The van der Waals surface area contributed by atoms with Crippen molar-refractivity contribution < 1.29 is 18.7 Å². The van der Waals surface area contributed by atoms with Gasteiger partial charge in [-0.2, -0.15) is 0 Å². The second-order valence-electron chi connectivity index (χ2n) is 6.82. The summed E-state index contributed by atoms with van der Waals surface area (Å²) in [5.74, 6) is 0.274. The van der Waals surface area contributed by atoms with E-state index < -0.39 is 5.92 Å². The molecule has 2 unspecified atom stereocenters. The minimum absolute atomic E-state index is 0.0349. The second-order valence-corrected chi connectivity index (χ2v) is 6.82. The number of nitrogens with one attached hydrogen (secondary N) is 1. The summed E-state index contributed by atoms with van der Waals surface area (Å²) < 4.78 is 10.3. The molecule has 2 atom stereocenters. The molecule has 0 aliphatic carbocycles. The highest BCUT2D eigenvalue weighted by Crippen LogP contribution is 2.39. The van der Waals surface area contributed by atoms with Crippen LogP contribution in [0.1, 0.15) is 43.4 Å². The number of furan rings is 1. The molecule has 27 heavy (non-hydrogen) atoms. The SMILES string of the molecule is CCCCN1C(=O)CC(C(=O)NCc2ccoc2)C1c1ccc(OC)cc1. The number of nitrogens with zero attached hydrogens (tertiary/aromatic N) is 1. The Kier molecular flexibility index (Phi) is 6.16. The number of ether oxygens (including phenoxy) is 1. The monoisotopic (exact) mass is 370 g/mol. The van der Waals surface area contributed by atoms with Crippen molar-refractivity contribution in [1.29, 1.82) is 0 Å². The Morgan fingerprint density at radius 1 is 1.30 bits per heavy atom.